The second kappa shape index (κ2) is 6.51. The van der Waals surface area contributed by atoms with Gasteiger partial charge in [0.25, 0.3) is 0 Å². The average Bonchev–Trinajstić information content (AvgIpc) is 3.23. The first-order valence-corrected chi connectivity index (χ1v) is 9.50. The molecule has 1 aromatic carbocycles. The highest BCUT2D eigenvalue weighted by molar-refractivity contribution is 6.06. The van der Waals surface area contributed by atoms with Crippen LogP contribution >= 0.6 is 0 Å². The fraction of sp³-hybridized carbons (Fsp3) is 0.381. The van der Waals surface area contributed by atoms with Crippen LogP contribution in [0.2, 0.25) is 0 Å². The highest BCUT2D eigenvalue weighted by atomic mass is 16.7. The smallest absolute Gasteiger partial charge is 0.246 e. The van der Waals surface area contributed by atoms with Gasteiger partial charge in [0, 0.05) is 19.2 Å². The Balaban J connectivity index is 1.19. The normalized spacial score (nSPS) is 26.1. The molecular weight excluding hydrogens is 360 g/mol. The lowest BCUT2D eigenvalue weighted by Crippen LogP contribution is -2.62. The summed E-state index contributed by atoms with van der Waals surface area (Å²) in [6.45, 7) is 1.01. The van der Waals surface area contributed by atoms with Crippen molar-refractivity contribution in [2.75, 3.05) is 19.9 Å². The van der Waals surface area contributed by atoms with E-state index in [-0.39, 0.29) is 42.4 Å². The maximum atomic E-state index is 12.6. The topological polar surface area (TPSA) is 76.2 Å². The molecule has 0 radical (unpaired) electrons. The van der Waals surface area contributed by atoms with Gasteiger partial charge >= 0.3 is 0 Å². The minimum atomic E-state index is -0.215. The first kappa shape index (κ1) is 17.0. The number of imide groups is 1. The molecule has 0 saturated carbocycles. The Kier molecular flexibility index (Phi) is 3.96. The molecule has 144 valence electrons. The van der Waals surface area contributed by atoms with Crippen LogP contribution in [-0.2, 0) is 14.4 Å². The van der Waals surface area contributed by atoms with E-state index in [1.54, 1.807) is 11.0 Å². The van der Waals surface area contributed by atoms with Crippen LogP contribution in [-0.4, -0.2) is 53.4 Å². The Morgan fingerprint density at radius 1 is 1.00 bits per heavy atom. The number of carbonyl (C=O) groups excluding carboxylic acids is 3. The lowest BCUT2D eigenvalue weighted by atomic mass is 9.85. The summed E-state index contributed by atoms with van der Waals surface area (Å²) in [5.41, 5.74) is 0.844. The molecule has 4 aliphatic rings. The molecule has 2 saturated heterocycles. The van der Waals surface area contributed by atoms with Gasteiger partial charge in [0.15, 0.2) is 11.5 Å². The molecule has 0 spiro atoms. The van der Waals surface area contributed by atoms with Crippen LogP contribution in [0.4, 0.5) is 0 Å². The number of allylic oxidation sites excluding steroid dienone is 2. The van der Waals surface area contributed by atoms with Gasteiger partial charge in [0.2, 0.25) is 24.5 Å². The number of rotatable bonds is 3. The Hall–Kier alpha value is -3.09. The Bertz CT molecular complexity index is 889. The molecule has 1 aromatic rings. The average molecular weight is 380 g/mol. The third-order valence-corrected chi connectivity index (χ3v) is 5.90. The lowest BCUT2D eigenvalue weighted by molar-refractivity contribution is -0.151. The number of carbonyl (C=O) groups is 3. The number of hydrogen-bond acceptors (Lipinski definition) is 5. The molecular formula is C21H20N2O5. The van der Waals surface area contributed by atoms with E-state index < -0.39 is 0 Å². The van der Waals surface area contributed by atoms with Crippen molar-refractivity contribution in [2.24, 2.45) is 11.8 Å². The van der Waals surface area contributed by atoms with Crippen LogP contribution in [0.3, 0.4) is 0 Å². The van der Waals surface area contributed by atoms with Crippen molar-refractivity contribution in [3.8, 4) is 11.5 Å². The molecule has 1 aliphatic carbocycles. The van der Waals surface area contributed by atoms with Gasteiger partial charge in [0.1, 0.15) is 0 Å². The van der Waals surface area contributed by atoms with Crippen molar-refractivity contribution in [3.05, 3.63) is 42.0 Å². The van der Waals surface area contributed by atoms with Gasteiger partial charge in [0.05, 0.1) is 17.9 Å². The first-order chi connectivity index (χ1) is 13.6. The van der Waals surface area contributed by atoms with Gasteiger partial charge in [-0.15, -0.1) is 0 Å². The molecule has 7 heteroatoms. The number of nitrogens with zero attached hydrogens (tertiary/aromatic N) is 2. The summed E-state index contributed by atoms with van der Waals surface area (Å²) in [7, 11) is 0. The van der Waals surface area contributed by atoms with Crippen molar-refractivity contribution in [3.63, 3.8) is 0 Å². The van der Waals surface area contributed by atoms with Crippen molar-refractivity contribution in [1.82, 2.24) is 9.80 Å². The van der Waals surface area contributed by atoms with Gasteiger partial charge in [-0.3, -0.25) is 19.3 Å². The van der Waals surface area contributed by atoms with Crippen LogP contribution in [0.15, 0.2) is 36.4 Å². The predicted octanol–water partition coefficient (Wildman–Crippen LogP) is 1.59. The van der Waals surface area contributed by atoms with E-state index in [0.717, 1.165) is 5.56 Å². The standard InChI is InChI=1S/C21H20N2O5/c24-19(8-6-13-5-7-17-18(9-13)28-12-27-17)22-10-14(11-22)23-20(25)15-3-1-2-4-16(15)21(23)26/h1-2,5-9,14-16H,3-4,10-12H2/b8-6+. The van der Waals surface area contributed by atoms with Gasteiger partial charge in [-0.25, -0.2) is 0 Å². The fourth-order valence-corrected chi connectivity index (χ4v) is 4.27. The highest BCUT2D eigenvalue weighted by Crippen LogP contribution is 2.37. The molecule has 5 rings (SSSR count). The fourth-order valence-electron chi connectivity index (χ4n) is 4.27. The van der Waals surface area contributed by atoms with Crippen LogP contribution in [0, 0.1) is 11.8 Å². The van der Waals surface area contributed by atoms with Crippen LogP contribution < -0.4 is 9.47 Å². The van der Waals surface area contributed by atoms with Gasteiger partial charge in [-0.2, -0.15) is 0 Å². The molecule has 0 bridgehead atoms. The molecule has 28 heavy (non-hydrogen) atoms. The summed E-state index contributed by atoms with van der Waals surface area (Å²) in [4.78, 5) is 40.6. The van der Waals surface area contributed by atoms with Crippen molar-refractivity contribution >= 4 is 23.8 Å². The summed E-state index contributed by atoms with van der Waals surface area (Å²) >= 11 is 0. The van der Waals surface area contributed by atoms with E-state index >= 15 is 0 Å². The third kappa shape index (κ3) is 2.69. The zero-order valence-corrected chi connectivity index (χ0v) is 15.2. The van der Waals surface area contributed by atoms with Crippen LogP contribution in [0.1, 0.15) is 18.4 Å². The predicted molar refractivity (Wildman–Crippen MR) is 99.2 cm³/mol. The number of likely N-dealkylation sites (tertiary alicyclic amines) is 2. The summed E-state index contributed by atoms with van der Waals surface area (Å²) in [5, 5.41) is 0. The summed E-state index contributed by atoms with van der Waals surface area (Å²) < 4.78 is 10.6. The van der Waals surface area contributed by atoms with E-state index in [2.05, 4.69) is 0 Å². The number of benzene rings is 1. The third-order valence-electron chi connectivity index (χ3n) is 5.90. The Morgan fingerprint density at radius 2 is 1.68 bits per heavy atom. The zero-order chi connectivity index (χ0) is 19.3. The summed E-state index contributed by atoms with van der Waals surface area (Å²) in [6, 6.07) is 5.29. The first-order valence-electron chi connectivity index (χ1n) is 9.50. The Labute approximate surface area is 162 Å². The Morgan fingerprint density at radius 3 is 2.39 bits per heavy atom. The second-order valence-corrected chi connectivity index (χ2v) is 7.55. The van der Waals surface area contributed by atoms with Crippen molar-refractivity contribution in [1.29, 1.82) is 0 Å². The molecule has 2 unspecified atom stereocenters. The minimum absolute atomic E-state index is 0.0765. The maximum absolute atomic E-state index is 12.6. The van der Waals surface area contributed by atoms with E-state index in [0.29, 0.717) is 37.4 Å². The number of ether oxygens (including phenoxy) is 2. The molecule has 3 amide bonds. The van der Waals surface area contributed by atoms with Gasteiger partial charge < -0.3 is 14.4 Å². The molecule has 3 aliphatic heterocycles. The minimum Gasteiger partial charge on any atom is -0.454 e. The number of amides is 3. The maximum Gasteiger partial charge on any atom is 0.246 e. The number of fused-ring (bicyclic) bond motifs is 2. The summed E-state index contributed by atoms with van der Waals surface area (Å²) in [6.07, 6.45) is 8.47. The van der Waals surface area contributed by atoms with Gasteiger partial charge in [-0.05, 0) is 36.6 Å². The van der Waals surface area contributed by atoms with E-state index in [9.17, 15) is 14.4 Å². The lowest BCUT2D eigenvalue weighted by Gasteiger charge is -2.42. The van der Waals surface area contributed by atoms with E-state index in [4.69, 9.17) is 9.47 Å². The van der Waals surface area contributed by atoms with Crippen molar-refractivity contribution in [2.45, 2.75) is 18.9 Å². The molecule has 0 aromatic heterocycles. The molecule has 3 heterocycles. The zero-order valence-electron chi connectivity index (χ0n) is 15.2. The molecule has 0 N–H and O–H groups in total. The SMILES string of the molecule is O=C(/C=C/c1ccc2c(c1)OCO2)N1CC(N2C(=O)C3CC=CCC3C2=O)C1. The highest BCUT2D eigenvalue weighted by Gasteiger charge is 2.52. The van der Waals surface area contributed by atoms with E-state index in [1.165, 1.54) is 11.0 Å². The molecule has 2 atom stereocenters. The number of hydrogen-bond donors (Lipinski definition) is 0. The van der Waals surface area contributed by atoms with Gasteiger partial charge in [-0.1, -0.05) is 18.2 Å². The van der Waals surface area contributed by atoms with Crippen molar-refractivity contribution < 1.29 is 23.9 Å². The second-order valence-electron chi connectivity index (χ2n) is 7.55. The van der Waals surface area contributed by atoms with Crippen LogP contribution in [0.25, 0.3) is 6.08 Å². The van der Waals surface area contributed by atoms with Crippen LogP contribution in [0.5, 0.6) is 11.5 Å². The van der Waals surface area contributed by atoms with E-state index in [1.807, 2.05) is 30.4 Å². The largest absolute Gasteiger partial charge is 0.454 e. The monoisotopic (exact) mass is 380 g/mol. The molecule has 2 fully saturated rings. The quantitative estimate of drug-likeness (QED) is 0.452. The summed E-state index contributed by atoms with van der Waals surface area (Å²) in [5.74, 6) is 0.651. The molecule has 7 nitrogen and oxygen atoms in total.